The van der Waals surface area contributed by atoms with Gasteiger partial charge in [0.05, 0.1) is 6.04 Å². The van der Waals surface area contributed by atoms with Gasteiger partial charge in [0, 0.05) is 9.34 Å². The van der Waals surface area contributed by atoms with Crippen molar-refractivity contribution in [2.75, 3.05) is 6.61 Å². The van der Waals surface area contributed by atoms with Gasteiger partial charge in [0.2, 0.25) is 5.91 Å². The van der Waals surface area contributed by atoms with E-state index in [0.29, 0.717) is 19.3 Å². The molecule has 154 valence electrons. The molecular weight excluding hydrogens is 481 g/mol. The number of hydrogen-bond acceptors (Lipinski definition) is 4. The average Bonchev–Trinajstić information content (AvgIpc) is 3.08. The lowest BCUT2D eigenvalue weighted by Gasteiger charge is -2.34. The molecule has 3 atom stereocenters. The summed E-state index contributed by atoms with van der Waals surface area (Å²) in [6.07, 6.45) is 1.25. The van der Waals surface area contributed by atoms with Crippen LogP contribution >= 0.6 is 22.6 Å². The molecule has 5 nitrogen and oxygen atoms in total. The van der Waals surface area contributed by atoms with E-state index in [9.17, 15) is 14.7 Å². The molecule has 0 bridgehead atoms. The molecule has 1 fully saturated rings. The van der Waals surface area contributed by atoms with Crippen LogP contribution in [-0.4, -0.2) is 34.7 Å². The summed E-state index contributed by atoms with van der Waals surface area (Å²) in [7, 11) is 0. The van der Waals surface area contributed by atoms with Gasteiger partial charge in [-0.15, -0.1) is 0 Å². The molecule has 3 rings (SSSR count). The van der Waals surface area contributed by atoms with Crippen LogP contribution in [0.15, 0.2) is 54.6 Å². The Balaban J connectivity index is 1.78. The quantitative estimate of drug-likeness (QED) is 0.410. The number of hydrogen-bond donors (Lipinski definition) is 1. The first-order valence-electron chi connectivity index (χ1n) is 9.81. The summed E-state index contributed by atoms with van der Waals surface area (Å²) >= 11 is 2.32. The summed E-state index contributed by atoms with van der Waals surface area (Å²) in [4.78, 5) is 27.3. The van der Waals surface area contributed by atoms with Crippen LogP contribution in [0.25, 0.3) is 0 Å². The topological polar surface area (TPSA) is 66.8 Å². The van der Waals surface area contributed by atoms with Crippen molar-refractivity contribution in [3.05, 3.63) is 65.7 Å². The summed E-state index contributed by atoms with van der Waals surface area (Å²) < 4.78 is 5.33. The SMILES string of the molecule is CCC(C)(CC(I)c1ccc(O)cc1)C(=O)N1C(=O)OC[C@@H]1Cc1ccccc1. The van der Waals surface area contributed by atoms with Crippen molar-refractivity contribution in [3.8, 4) is 5.75 Å². The highest BCUT2D eigenvalue weighted by Gasteiger charge is 2.46. The molecule has 2 aromatic carbocycles. The standard InChI is InChI=1S/C23H26INO4/c1-3-23(2,14-20(24)17-9-11-19(26)12-10-17)21(27)25-18(15-29-22(25)28)13-16-7-5-4-6-8-16/h4-12,18,20,26H,3,13-15H2,1-2H3/t18-,20?,23?/m0/s1. The fraction of sp³-hybridized carbons (Fsp3) is 0.391. The molecule has 1 N–H and O–H groups in total. The smallest absolute Gasteiger partial charge is 0.417 e. The number of rotatable bonds is 7. The molecule has 1 aliphatic heterocycles. The molecule has 0 saturated carbocycles. The van der Waals surface area contributed by atoms with E-state index >= 15 is 0 Å². The van der Waals surface area contributed by atoms with Gasteiger partial charge >= 0.3 is 6.09 Å². The Bertz CT molecular complexity index is 855. The Morgan fingerprint density at radius 3 is 2.52 bits per heavy atom. The first-order valence-corrected chi connectivity index (χ1v) is 11.1. The molecule has 1 heterocycles. The van der Waals surface area contributed by atoms with Crippen LogP contribution in [0.4, 0.5) is 4.79 Å². The van der Waals surface area contributed by atoms with Gasteiger partial charge in [-0.25, -0.2) is 9.69 Å². The molecule has 1 aliphatic rings. The van der Waals surface area contributed by atoms with Crippen molar-refractivity contribution in [2.45, 2.75) is 43.1 Å². The third-order valence-corrected chi connectivity index (χ3v) is 6.83. The lowest BCUT2D eigenvalue weighted by molar-refractivity contribution is -0.139. The predicted molar refractivity (Wildman–Crippen MR) is 120 cm³/mol. The van der Waals surface area contributed by atoms with Crippen molar-refractivity contribution in [3.63, 3.8) is 0 Å². The summed E-state index contributed by atoms with van der Waals surface area (Å²) in [6, 6.07) is 16.6. The van der Waals surface area contributed by atoms with Gasteiger partial charge in [-0.05, 0) is 42.5 Å². The highest BCUT2D eigenvalue weighted by atomic mass is 127. The number of carbonyl (C=O) groups excluding carboxylic acids is 2. The number of nitrogens with zero attached hydrogens (tertiary/aromatic N) is 1. The van der Waals surface area contributed by atoms with Gasteiger partial charge in [-0.2, -0.15) is 0 Å². The number of ether oxygens (including phenoxy) is 1. The Labute approximate surface area is 185 Å². The molecule has 6 heteroatoms. The molecular formula is C23H26INO4. The van der Waals surface area contributed by atoms with Crippen molar-refractivity contribution < 1.29 is 19.4 Å². The van der Waals surface area contributed by atoms with E-state index in [1.54, 1.807) is 12.1 Å². The zero-order chi connectivity index (χ0) is 21.0. The van der Waals surface area contributed by atoms with E-state index in [1.807, 2.05) is 56.3 Å². The number of aromatic hydroxyl groups is 1. The Morgan fingerprint density at radius 2 is 1.90 bits per heavy atom. The zero-order valence-corrected chi connectivity index (χ0v) is 18.8. The van der Waals surface area contributed by atoms with Gasteiger partial charge in [-0.1, -0.05) is 78.9 Å². The summed E-state index contributed by atoms with van der Waals surface area (Å²) in [6.45, 7) is 4.13. The molecule has 2 unspecified atom stereocenters. The van der Waals surface area contributed by atoms with Gasteiger partial charge in [0.25, 0.3) is 0 Å². The normalized spacial score (nSPS) is 19.5. The van der Waals surface area contributed by atoms with Crippen molar-refractivity contribution >= 4 is 34.6 Å². The fourth-order valence-electron chi connectivity index (χ4n) is 3.62. The van der Waals surface area contributed by atoms with Crippen LogP contribution < -0.4 is 0 Å². The Hall–Kier alpha value is -2.09. The van der Waals surface area contributed by atoms with Gasteiger partial charge in [0.1, 0.15) is 12.4 Å². The van der Waals surface area contributed by atoms with Crippen molar-refractivity contribution in [2.24, 2.45) is 5.41 Å². The van der Waals surface area contributed by atoms with Gasteiger partial charge in [0.15, 0.2) is 0 Å². The van der Waals surface area contributed by atoms with E-state index < -0.39 is 11.5 Å². The lowest BCUT2D eigenvalue weighted by Crippen LogP contribution is -2.48. The van der Waals surface area contributed by atoms with Crippen LogP contribution in [0.3, 0.4) is 0 Å². The molecule has 0 aliphatic carbocycles. The molecule has 2 amide bonds. The number of phenolic OH excluding ortho intramolecular Hbond substituents is 1. The second kappa shape index (κ2) is 9.15. The molecule has 1 saturated heterocycles. The Kier molecular flexibility index (Phi) is 6.82. The Morgan fingerprint density at radius 1 is 1.24 bits per heavy atom. The molecule has 2 aromatic rings. The minimum atomic E-state index is -0.692. The maximum atomic E-state index is 13.5. The van der Waals surface area contributed by atoms with Crippen LogP contribution in [-0.2, 0) is 16.0 Å². The van der Waals surface area contributed by atoms with E-state index in [0.717, 1.165) is 11.1 Å². The van der Waals surface area contributed by atoms with E-state index in [4.69, 9.17) is 4.74 Å². The number of carbonyl (C=O) groups is 2. The van der Waals surface area contributed by atoms with Gasteiger partial charge < -0.3 is 9.84 Å². The lowest BCUT2D eigenvalue weighted by atomic mass is 9.80. The number of benzene rings is 2. The molecule has 0 spiro atoms. The fourth-order valence-corrected chi connectivity index (χ4v) is 5.00. The first-order chi connectivity index (χ1) is 13.8. The minimum Gasteiger partial charge on any atom is -0.508 e. The highest BCUT2D eigenvalue weighted by Crippen LogP contribution is 2.41. The second-order valence-electron chi connectivity index (χ2n) is 7.77. The highest BCUT2D eigenvalue weighted by molar-refractivity contribution is 14.1. The maximum absolute atomic E-state index is 13.5. The zero-order valence-electron chi connectivity index (χ0n) is 16.7. The van der Waals surface area contributed by atoms with Gasteiger partial charge in [-0.3, -0.25) is 4.79 Å². The number of imide groups is 1. The number of phenols is 1. The summed E-state index contributed by atoms with van der Waals surface area (Å²) in [5, 5.41) is 9.51. The summed E-state index contributed by atoms with van der Waals surface area (Å²) in [5.41, 5.74) is 1.42. The number of halogens is 1. The molecule has 29 heavy (non-hydrogen) atoms. The van der Waals surface area contributed by atoms with E-state index in [1.165, 1.54) is 4.90 Å². The summed E-state index contributed by atoms with van der Waals surface area (Å²) in [5.74, 6) is 0.0409. The average molecular weight is 507 g/mol. The second-order valence-corrected chi connectivity index (χ2v) is 9.28. The van der Waals surface area contributed by atoms with Crippen molar-refractivity contribution in [1.29, 1.82) is 0 Å². The molecule has 0 aromatic heterocycles. The number of cyclic esters (lactones) is 1. The van der Waals surface area contributed by atoms with Crippen LogP contribution in [0, 0.1) is 5.41 Å². The molecule has 0 radical (unpaired) electrons. The van der Waals surface area contributed by atoms with Crippen LogP contribution in [0.1, 0.15) is 41.7 Å². The largest absolute Gasteiger partial charge is 0.508 e. The number of alkyl halides is 1. The van der Waals surface area contributed by atoms with Crippen molar-refractivity contribution in [1.82, 2.24) is 4.90 Å². The third-order valence-electron chi connectivity index (χ3n) is 5.68. The maximum Gasteiger partial charge on any atom is 0.417 e. The first kappa shape index (κ1) is 21.6. The predicted octanol–water partition coefficient (Wildman–Crippen LogP) is 5.26. The monoisotopic (exact) mass is 507 g/mol. The minimum absolute atomic E-state index is 0.0771. The van der Waals surface area contributed by atoms with Crippen LogP contribution in [0.5, 0.6) is 5.75 Å². The van der Waals surface area contributed by atoms with E-state index in [2.05, 4.69) is 22.6 Å². The van der Waals surface area contributed by atoms with Crippen LogP contribution in [0.2, 0.25) is 0 Å². The van der Waals surface area contributed by atoms with E-state index in [-0.39, 0.29) is 28.2 Å². The third kappa shape index (κ3) is 4.91. The number of amides is 2.